The maximum Gasteiger partial charge on any atom is 0.306 e. The SMILES string of the molecule is CCN(Oc1ccccc1)C(=O)c1nc(-c2ccc(F)cc2)n(CC[C@@H](O)C[C@@H](O)CC(=O)O)c1C(C)C. The van der Waals surface area contributed by atoms with Gasteiger partial charge >= 0.3 is 11.9 Å². The lowest BCUT2D eigenvalue weighted by molar-refractivity contribution is -0.139. The first kappa shape index (κ1) is 28.8. The molecule has 0 saturated carbocycles. The summed E-state index contributed by atoms with van der Waals surface area (Å²) in [6.07, 6.45) is -2.57. The Morgan fingerprint density at radius 1 is 1.05 bits per heavy atom. The van der Waals surface area contributed by atoms with E-state index in [4.69, 9.17) is 9.94 Å². The molecule has 10 heteroatoms. The Morgan fingerprint density at radius 2 is 1.71 bits per heavy atom. The van der Waals surface area contributed by atoms with Crippen LogP contribution in [0.3, 0.4) is 0 Å². The van der Waals surface area contributed by atoms with Crippen LogP contribution in [0.2, 0.25) is 0 Å². The number of benzene rings is 2. The van der Waals surface area contributed by atoms with Gasteiger partial charge in [-0.25, -0.2) is 9.37 Å². The lowest BCUT2D eigenvalue weighted by atomic mass is 10.0. The molecule has 0 bridgehead atoms. The minimum Gasteiger partial charge on any atom is -0.481 e. The van der Waals surface area contributed by atoms with Gasteiger partial charge in [-0.15, -0.1) is 0 Å². The molecule has 3 rings (SSSR count). The Labute approximate surface area is 221 Å². The Bertz CT molecular complexity index is 1210. The molecular weight excluding hydrogens is 493 g/mol. The molecule has 38 heavy (non-hydrogen) atoms. The number of aromatic nitrogens is 2. The third-order valence-electron chi connectivity index (χ3n) is 5.97. The number of imidazole rings is 1. The van der Waals surface area contributed by atoms with Crippen LogP contribution in [0.1, 0.15) is 62.1 Å². The first-order valence-electron chi connectivity index (χ1n) is 12.6. The number of hydroxylamine groups is 2. The molecule has 204 valence electrons. The number of nitrogens with zero attached hydrogens (tertiary/aromatic N) is 3. The van der Waals surface area contributed by atoms with E-state index in [1.165, 1.54) is 17.2 Å². The van der Waals surface area contributed by atoms with E-state index in [-0.39, 0.29) is 37.5 Å². The van der Waals surface area contributed by atoms with Crippen molar-refractivity contribution in [3.8, 4) is 17.1 Å². The van der Waals surface area contributed by atoms with Gasteiger partial charge in [-0.2, -0.15) is 5.06 Å². The topological polar surface area (TPSA) is 125 Å². The molecule has 2 atom stereocenters. The van der Waals surface area contributed by atoms with E-state index in [1.54, 1.807) is 43.3 Å². The van der Waals surface area contributed by atoms with Crippen molar-refractivity contribution < 1.29 is 34.1 Å². The maximum atomic E-state index is 13.7. The van der Waals surface area contributed by atoms with Crippen molar-refractivity contribution in [1.29, 1.82) is 0 Å². The summed E-state index contributed by atoms with van der Waals surface area (Å²) < 4.78 is 15.5. The quantitative estimate of drug-likeness (QED) is 0.284. The fourth-order valence-electron chi connectivity index (χ4n) is 4.22. The van der Waals surface area contributed by atoms with Gasteiger partial charge in [-0.05, 0) is 62.1 Å². The number of hydrogen-bond donors (Lipinski definition) is 3. The molecule has 0 aliphatic carbocycles. The summed E-state index contributed by atoms with van der Waals surface area (Å²) in [5.41, 5.74) is 1.38. The van der Waals surface area contributed by atoms with Crippen molar-refractivity contribution in [2.24, 2.45) is 0 Å². The predicted molar refractivity (Wildman–Crippen MR) is 139 cm³/mol. The van der Waals surface area contributed by atoms with Gasteiger partial charge in [0.15, 0.2) is 11.4 Å². The lowest BCUT2D eigenvalue weighted by Gasteiger charge is -2.22. The number of aliphatic hydroxyl groups is 2. The number of rotatable bonds is 13. The third kappa shape index (κ3) is 7.39. The number of halogens is 1. The van der Waals surface area contributed by atoms with Crippen molar-refractivity contribution >= 4 is 11.9 Å². The van der Waals surface area contributed by atoms with E-state index < -0.39 is 36.3 Å². The molecule has 0 unspecified atom stereocenters. The number of carboxylic acid groups (broad SMARTS) is 1. The summed E-state index contributed by atoms with van der Waals surface area (Å²) in [6.45, 7) is 6.10. The molecule has 0 aliphatic rings. The second-order valence-corrected chi connectivity index (χ2v) is 9.32. The Kier molecular flexibility index (Phi) is 9.98. The highest BCUT2D eigenvalue weighted by molar-refractivity contribution is 5.94. The van der Waals surface area contributed by atoms with Gasteiger partial charge in [0, 0.05) is 12.1 Å². The zero-order chi connectivity index (χ0) is 27.8. The molecule has 3 aromatic rings. The van der Waals surface area contributed by atoms with Gasteiger partial charge < -0.3 is 24.7 Å². The lowest BCUT2D eigenvalue weighted by Crippen LogP contribution is -2.35. The second kappa shape index (κ2) is 13.2. The number of hydrogen-bond acceptors (Lipinski definition) is 6. The van der Waals surface area contributed by atoms with E-state index in [1.807, 2.05) is 24.5 Å². The minimum absolute atomic E-state index is 0.107. The van der Waals surface area contributed by atoms with E-state index >= 15 is 0 Å². The third-order valence-corrected chi connectivity index (χ3v) is 5.97. The fourth-order valence-corrected chi connectivity index (χ4v) is 4.22. The molecule has 9 nitrogen and oxygen atoms in total. The summed E-state index contributed by atoms with van der Waals surface area (Å²) in [7, 11) is 0. The highest BCUT2D eigenvalue weighted by Crippen LogP contribution is 2.30. The van der Waals surface area contributed by atoms with Crippen molar-refractivity contribution in [3.63, 3.8) is 0 Å². The first-order valence-corrected chi connectivity index (χ1v) is 12.6. The largest absolute Gasteiger partial charge is 0.481 e. The van der Waals surface area contributed by atoms with Gasteiger partial charge in [0.25, 0.3) is 0 Å². The zero-order valence-electron chi connectivity index (χ0n) is 21.7. The van der Waals surface area contributed by atoms with Crippen LogP contribution in [0.4, 0.5) is 4.39 Å². The monoisotopic (exact) mass is 527 g/mol. The van der Waals surface area contributed by atoms with E-state index in [0.717, 1.165) is 0 Å². The first-order chi connectivity index (χ1) is 18.1. The number of carbonyl (C=O) groups is 2. The van der Waals surface area contributed by atoms with E-state index in [2.05, 4.69) is 4.98 Å². The smallest absolute Gasteiger partial charge is 0.306 e. The zero-order valence-corrected chi connectivity index (χ0v) is 21.7. The van der Waals surface area contributed by atoms with Crippen LogP contribution < -0.4 is 4.84 Å². The standard InChI is InChI=1S/C28H34FN3O6/c1-4-32(38-23-8-6-5-7-9-23)28(37)25-26(18(2)3)31(15-14-21(33)16-22(34)17-24(35)36)27(30-25)19-10-12-20(29)13-11-19/h5-13,18,21-22,33-34H,4,14-17H2,1-3H3,(H,35,36)/t21-,22-/m1/s1. The molecule has 3 N–H and O–H groups in total. The molecule has 1 amide bonds. The Hall–Kier alpha value is -3.76. The summed E-state index contributed by atoms with van der Waals surface area (Å²) >= 11 is 0. The van der Waals surface area contributed by atoms with Gasteiger partial charge in [0.2, 0.25) is 0 Å². The summed E-state index contributed by atoms with van der Waals surface area (Å²) in [4.78, 5) is 35.0. The molecule has 0 fully saturated rings. The van der Waals surface area contributed by atoms with E-state index in [0.29, 0.717) is 22.8 Å². The van der Waals surface area contributed by atoms with Crippen LogP contribution in [0, 0.1) is 5.82 Å². The number of aliphatic carboxylic acids is 1. The molecule has 2 aromatic carbocycles. The van der Waals surface area contributed by atoms with Crippen LogP contribution in [-0.4, -0.2) is 60.6 Å². The van der Waals surface area contributed by atoms with Crippen LogP contribution in [-0.2, 0) is 11.3 Å². The summed E-state index contributed by atoms with van der Waals surface area (Å²) in [5, 5.41) is 30.5. The van der Waals surface area contributed by atoms with Crippen LogP contribution in [0.25, 0.3) is 11.4 Å². The van der Waals surface area contributed by atoms with Gasteiger partial charge in [-0.3, -0.25) is 9.59 Å². The van der Waals surface area contributed by atoms with Crippen molar-refractivity contribution in [2.75, 3.05) is 6.54 Å². The minimum atomic E-state index is -1.18. The van der Waals surface area contributed by atoms with Gasteiger partial charge in [0.05, 0.1) is 30.9 Å². The average molecular weight is 528 g/mol. The average Bonchev–Trinajstić information content (AvgIpc) is 3.26. The van der Waals surface area contributed by atoms with Crippen LogP contribution in [0.5, 0.6) is 5.75 Å². The number of carbonyl (C=O) groups excluding carboxylic acids is 1. The van der Waals surface area contributed by atoms with Gasteiger partial charge in [0.1, 0.15) is 11.6 Å². The van der Waals surface area contributed by atoms with Crippen molar-refractivity contribution in [1.82, 2.24) is 14.6 Å². The van der Waals surface area contributed by atoms with Crippen molar-refractivity contribution in [2.45, 2.75) is 64.7 Å². The molecular formula is C28H34FN3O6. The molecule has 1 heterocycles. The Morgan fingerprint density at radius 3 is 2.29 bits per heavy atom. The second-order valence-electron chi connectivity index (χ2n) is 9.32. The van der Waals surface area contributed by atoms with Crippen LogP contribution in [0.15, 0.2) is 54.6 Å². The summed E-state index contributed by atoms with van der Waals surface area (Å²) in [6, 6.07) is 14.7. The summed E-state index contributed by atoms with van der Waals surface area (Å²) in [5.74, 6) is -1.24. The van der Waals surface area contributed by atoms with Gasteiger partial charge in [-0.1, -0.05) is 32.0 Å². The number of para-hydroxylation sites is 1. The molecule has 0 radical (unpaired) electrons. The number of aliphatic hydroxyl groups excluding tert-OH is 2. The Balaban J connectivity index is 1.98. The molecule has 0 saturated heterocycles. The predicted octanol–water partition coefficient (Wildman–Crippen LogP) is 4.25. The normalized spacial score (nSPS) is 12.8. The maximum absolute atomic E-state index is 13.7. The van der Waals surface area contributed by atoms with Crippen molar-refractivity contribution in [3.05, 3.63) is 71.8 Å². The molecule has 0 aliphatic heterocycles. The fraction of sp³-hybridized carbons (Fsp3) is 0.393. The highest BCUT2D eigenvalue weighted by atomic mass is 19.1. The molecule has 0 spiro atoms. The van der Waals surface area contributed by atoms with E-state index in [9.17, 15) is 24.2 Å². The number of amides is 1. The molecule has 1 aromatic heterocycles. The number of carboxylic acids is 1. The highest BCUT2D eigenvalue weighted by Gasteiger charge is 2.29. The van der Waals surface area contributed by atoms with Crippen LogP contribution >= 0.6 is 0 Å².